The van der Waals surface area contributed by atoms with Gasteiger partial charge in [0.15, 0.2) is 0 Å². The SMILES string of the molecule is O=C(NCc1cccnc1Oc1cccc(F)c1)[C@@H]1CCCN(C(=O)c2ccoc2)C1. The van der Waals surface area contributed by atoms with Gasteiger partial charge >= 0.3 is 0 Å². The molecule has 160 valence electrons. The summed E-state index contributed by atoms with van der Waals surface area (Å²) in [5.74, 6) is -0.348. The summed E-state index contributed by atoms with van der Waals surface area (Å²) in [5, 5.41) is 2.91. The average molecular weight is 423 g/mol. The highest BCUT2D eigenvalue weighted by molar-refractivity contribution is 5.94. The van der Waals surface area contributed by atoms with Gasteiger partial charge in [-0.15, -0.1) is 0 Å². The van der Waals surface area contributed by atoms with E-state index in [1.54, 1.807) is 41.4 Å². The van der Waals surface area contributed by atoms with E-state index in [1.165, 1.54) is 24.7 Å². The molecule has 31 heavy (non-hydrogen) atoms. The van der Waals surface area contributed by atoms with E-state index in [4.69, 9.17) is 9.15 Å². The van der Waals surface area contributed by atoms with Gasteiger partial charge in [0.05, 0.1) is 17.7 Å². The van der Waals surface area contributed by atoms with Crippen molar-refractivity contribution in [2.75, 3.05) is 13.1 Å². The molecule has 0 bridgehead atoms. The van der Waals surface area contributed by atoms with Gasteiger partial charge < -0.3 is 19.4 Å². The number of aromatic nitrogens is 1. The maximum absolute atomic E-state index is 13.4. The van der Waals surface area contributed by atoms with Crippen LogP contribution in [0.15, 0.2) is 65.6 Å². The van der Waals surface area contributed by atoms with E-state index in [-0.39, 0.29) is 24.3 Å². The lowest BCUT2D eigenvalue weighted by Crippen LogP contribution is -2.45. The molecule has 2 amide bonds. The van der Waals surface area contributed by atoms with Crippen molar-refractivity contribution in [3.8, 4) is 11.6 Å². The molecule has 1 aromatic carbocycles. The molecule has 0 saturated carbocycles. The molecular weight excluding hydrogens is 401 g/mol. The smallest absolute Gasteiger partial charge is 0.257 e. The van der Waals surface area contributed by atoms with Gasteiger partial charge in [0.1, 0.15) is 17.8 Å². The lowest BCUT2D eigenvalue weighted by Gasteiger charge is -2.31. The van der Waals surface area contributed by atoms with Gasteiger partial charge in [-0.25, -0.2) is 9.37 Å². The van der Waals surface area contributed by atoms with Crippen molar-refractivity contribution in [1.82, 2.24) is 15.2 Å². The van der Waals surface area contributed by atoms with Crippen LogP contribution in [0.25, 0.3) is 0 Å². The Labute approximate surface area is 178 Å². The first kappa shape index (κ1) is 20.6. The van der Waals surface area contributed by atoms with Crippen LogP contribution in [0.4, 0.5) is 4.39 Å². The number of carbonyl (C=O) groups is 2. The lowest BCUT2D eigenvalue weighted by molar-refractivity contribution is -0.126. The molecule has 0 spiro atoms. The average Bonchev–Trinajstić information content (AvgIpc) is 3.33. The van der Waals surface area contributed by atoms with Crippen molar-refractivity contribution in [3.63, 3.8) is 0 Å². The molecule has 8 heteroatoms. The molecule has 2 aromatic heterocycles. The van der Waals surface area contributed by atoms with Gasteiger partial charge in [0, 0.05) is 37.5 Å². The molecule has 1 N–H and O–H groups in total. The molecule has 1 aliphatic rings. The first-order valence-electron chi connectivity index (χ1n) is 10.1. The van der Waals surface area contributed by atoms with E-state index in [0.717, 1.165) is 6.42 Å². The quantitative estimate of drug-likeness (QED) is 0.652. The van der Waals surface area contributed by atoms with E-state index < -0.39 is 5.82 Å². The molecule has 0 unspecified atom stereocenters. The van der Waals surface area contributed by atoms with Crippen LogP contribution in [-0.4, -0.2) is 34.8 Å². The van der Waals surface area contributed by atoms with E-state index in [9.17, 15) is 14.0 Å². The van der Waals surface area contributed by atoms with Gasteiger partial charge in [-0.05, 0) is 37.1 Å². The van der Waals surface area contributed by atoms with Crippen LogP contribution in [-0.2, 0) is 11.3 Å². The zero-order valence-corrected chi connectivity index (χ0v) is 16.8. The van der Waals surface area contributed by atoms with Crippen molar-refractivity contribution in [1.29, 1.82) is 0 Å². The first-order valence-corrected chi connectivity index (χ1v) is 10.1. The zero-order valence-electron chi connectivity index (χ0n) is 16.8. The Balaban J connectivity index is 1.37. The number of piperidine rings is 1. The summed E-state index contributed by atoms with van der Waals surface area (Å²) in [5.41, 5.74) is 1.15. The monoisotopic (exact) mass is 423 g/mol. The van der Waals surface area contributed by atoms with E-state index >= 15 is 0 Å². The van der Waals surface area contributed by atoms with Crippen LogP contribution < -0.4 is 10.1 Å². The highest BCUT2D eigenvalue weighted by Gasteiger charge is 2.29. The fourth-order valence-corrected chi connectivity index (χ4v) is 3.56. The molecule has 3 aromatic rings. The van der Waals surface area contributed by atoms with Gasteiger partial charge in [0.25, 0.3) is 5.91 Å². The number of nitrogens with zero attached hydrogens (tertiary/aromatic N) is 2. The highest BCUT2D eigenvalue weighted by Crippen LogP contribution is 2.24. The number of hydrogen-bond acceptors (Lipinski definition) is 5. The van der Waals surface area contributed by atoms with Crippen LogP contribution in [0.2, 0.25) is 0 Å². The zero-order chi connectivity index (χ0) is 21.6. The second-order valence-electron chi connectivity index (χ2n) is 7.35. The second kappa shape index (κ2) is 9.42. The van der Waals surface area contributed by atoms with Crippen LogP contribution in [0.5, 0.6) is 11.6 Å². The number of likely N-dealkylation sites (tertiary alicyclic amines) is 1. The number of carbonyl (C=O) groups excluding carboxylic acids is 2. The van der Waals surface area contributed by atoms with E-state index in [0.29, 0.717) is 42.3 Å². The molecule has 1 fully saturated rings. The second-order valence-corrected chi connectivity index (χ2v) is 7.35. The molecule has 4 rings (SSSR count). The third-order valence-corrected chi connectivity index (χ3v) is 5.16. The Morgan fingerprint density at radius 3 is 2.97 bits per heavy atom. The summed E-state index contributed by atoms with van der Waals surface area (Å²) in [6.07, 6.45) is 5.90. The first-order chi connectivity index (χ1) is 15.1. The maximum atomic E-state index is 13.4. The van der Waals surface area contributed by atoms with Crippen molar-refractivity contribution < 1.29 is 23.1 Å². The molecule has 1 saturated heterocycles. The molecule has 3 heterocycles. The number of hydrogen-bond donors (Lipinski definition) is 1. The van der Waals surface area contributed by atoms with Gasteiger partial charge in [-0.3, -0.25) is 9.59 Å². The van der Waals surface area contributed by atoms with E-state index in [1.807, 2.05) is 0 Å². The lowest BCUT2D eigenvalue weighted by atomic mass is 9.96. The predicted octanol–water partition coefficient (Wildman–Crippen LogP) is 3.77. The predicted molar refractivity (Wildman–Crippen MR) is 110 cm³/mol. The summed E-state index contributed by atoms with van der Waals surface area (Å²) >= 11 is 0. The molecule has 0 aliphatic carbocycles. The number of halogens is 1. The van der Waals surface area contributed by atoms with Crippen LogP contribution in [0.3, 0.4) is 0 Å². The summed E-state index contributed by atoms with van der Waals surface area (Å²) in [6.45, 7) is 1.18. The largest absolute Gasteiger partial charge is 0.472 e. The van der Waals surface area contributed by atoms with E-state index in [2.05, 4.69) is 10.3 Å². The number of pyridine rings is 1. The Morgan fingerprint density at radius 2 is 2.16 bits per heavy atom. The minimum Gasteiger partial charge on any atom is -0.472 e. The van der Waals surface area contributed by atoms with Gasteiger partial charge in [0.2, 0.25) is 11.8 Å². The van der Waals surface area contributed by atoms with Crippen LogP contribution in [0.1, 0.15) is 28.8 Å². The van der Waals surface area contributed by atoms with Gasteiger partial charge in [-0.2, -0.15) is 0 Å². The van der Waals surface area contributed by atoms with Crippen molar-refractivity contribution >= 4 is 11.8 Å². The molecule has 1 atom stereocenters. The van der Waals surface area contributed by atoms with Crippen molar-refractivity contribution in [2.45, 2.75) is 19.4 Å². The number of amides is 2. The number of nitrogens with one attached hydrogen (secondary N) is 1. The third kappa shape index (κ3) is 5.09. The summed E-state index contributed by atoms with van der Waals surface area (Å²) < 4.78 is 24.1. The summed E-state index contributed by atoms with van der Waals surface area (Å²) in [7, 11) is 0. The standard InChI is InChI=1S/C23H22FN3O4/c24-19-6-1-7-20(12-19)31-22-16(4-2-9-25-22)13-26-21(28)17-5-3-10-27(14-17)23(29)18-8-11-30-15-18/h1-2,4,6-9,11-12,15,17H,3,5,10,13-14H2,(H,26,28)/t17-/m1/s1. The molecule has 7 nitrogen and oxygen atoms in total. The van der Waals surface area contributed by atoms with Crippen molar-refractivity contribution in [2.24, 2.45) is 5.92 Å². The Bertz CT molecular complexity index is 1050. The summed E-state index contributed by atoms with van der Waals surface area (Å²) in [6, 6.07) is 10.9. The Hall–Kier alpha value is -3.68. The maximum Gasteiger partial charge on any atom is 0.257 e. The molecule has 0 radical (unpaired) electrons. The fraction of sp³-hybridized carbons (Fsp3) is 0.261. The van der Waals surface area contributed by atoms with Gasteiger partial charge in [-0.1, -0.05) is 12.1 Å². The summed E-state index contributed by atoms with van der Waals surface area (Å²) in [4.78, 5) is 31.2. The number of furan rings is 1. The van der Waals surface area contributed by atoms with Crippen molar-refractivity contribution in [3.05, 3.63) is 78.1 Å². The highest BCUT2D eigenvalue weighted by atomic mass is 19.1. The topological polar surface area (TPSA) is 84.7 Å². The Kier molecular flexibility index (Phi) is 6.26. The van der Waals surface area contributed by atoms with Crippen LogP contribution in [0, 0.1) is 11.7 Å². The molecule has 1 aliphatic heterocycles. The minimum atomic E-state index is -0.407. The number of rotatable bonds is 6. The fourth-order valence-electron chi connectivity index (χ4n) is 3.56. The Morgan fingerprint density at radius 1 is 1.26 bits per heavy atom. The normalized spacial score (nSPS) is 16.0. The third-order valence-electron chi connectivity index (χ3n) is 5.16. The van der Waals surface area contributed by atoms with Crippen LogP contribution >= 0.6 is 0 Å². The number of benzene rings is 1. The molecular formula is C23H22FN3O4. The number of ether oxygens (including phenoxy) is 1. The minimum absolute atomic E-state index is 0.134.